The molecule has 4 heteroatoms. The van der Waals surface area contributed by atoms with Crippen molar-refractivity contribution < 1.29 is 19.7 Å². The van der Waals surface area contributed by atoms with Gasteiger partial charge in [0, 0.05) is 0 Å². The summed E-state index contributed by atoms with van der Waals surface area (Å²) < 4.78 is 4.51. The van der Waals surface area contributed by atoms with Crippen LogP contribution in [0.5, 0.6) is 0 Å². The maximum absolute atomic E-state index is 10.9. The normalized spacial score (nSPS) is 14.0. The van der Waals surface area contributed by atoms with Crippen molar-refractivity contribution in [3.63, 3.8) is 0 Å². The van der Waals surface area contributed by atoms with Crippen molar-refractivity contribution in [1.29, 1.82) is 0 Å². The van der Waals surface area contributed by atoms with Crippen LogP contribution in [0.4, 0.5) is 0 Å². The zero-order valence-electron chi connectivity index (χ0n) is 13.1. The minimum Gasteiger partial charge on any atom is -0.469 e. The average Bonchev–Trinajstić information content (AvgIpc) is 2.41. The van der Waals surface area contributed by atoms with Gasteiger partial charge in [-0.15, -0.1) is 0 Å². The number of carbonyl (C=O) groups is 1. The molecule has 0 radical (unpaired) electrons. The Bertz CT molecular complexity index is 231. The summed E-state index contributed by atoms with van der Waals surface area (Å²) in [6, 6.07) is 0. The summed E-state index contributed by atoms with van der Waals surface area (Å²) in [4.78, 5) is 10.9. The van der Waals surface area contributed by atoms with Crippen LogP contribution in [0.2, 0.25) is 0 Å². The molecule has 2 N–H and O–H groups in total. The Morgan fingerprint density at radius 1 is 0.900 bits per heavy atom. The fourth-order valence-electron chi connectivity index (χ4n) is 2.32. The van der Waals surface area contributed by atoms with Gasteiger partial charge in [0.05, 0.1) is 25.7 Å². The molecule has 0 aromatic heterocycles. The average molecular weight is 288 g/mol. The van der Waals surface area contributed by atoms with Crippen LogP contribution >= 0.6 is 0 Å². The standard InChI is InChI=1S/C16H32O4/c1-3-10-14(17)11-8-6-4-5-7-9-12-15(18)13-16(19)20-2/h14-15,17-18H,3-13H2,1-2H3. The van der Waals surface area contributed by atoms with Crippen LogP contribution in [-0.4, -0.2) is 35.5 Å². The Labute approximate surface area is 123 Å². The van der Waals surface area contributed by atoms with Gasteiger partial charge in [-0.2, -0.15) is 0 Å². The molecule has 0 rings (SSSR count). The van der Waals surface area contributed by atoms with Crippen LogP contribution in [0.25, 0.3) is 0 Å². The Balaban J connectivity index is 3.26. The van der Waals surface area contributed by atoms with Crippen molar-refractivity contribution in [3.05, 3.63) is 0 Å². The fraction of sp³-hybridized carbons (Fsp3) is 0.938. The molecule has 0 fully saturated rings. The van der Waals surface area contributed by atoms with Crippen molar-refractivity contribution in [2.24, 2.45) is 0 Å². The zero-order valence-corrected chi connectivity index (χ0v) is 13.1. The first-order valence-electron chi connectivity index (χ1n) is 8.03. The second-order valence-electron chi connectivity index (χ2n) is 5.58. The lowest BCUT2D eigenvalue weighted by Gasteiger charge is -2.09. The molecule has 0 amide bonds. The third kappa shape index (κ3) is 12.4. The molecule has 0 aromatic rings. The van der Waals surface area contributed by atoms with E-state index in [9.17, 15) is 15.0 Å². The SMILES string of the molecule is CCCC(O)CCCCCCCCC(O)CC(=O)OC. The van der Waals surface area contributed by atoms with Gasteiger partial charge < -0.3 is 14.9 Å². The summed E-state index contributed by atoms with van der Waals surface area (Å²) in [5, 5.41) is 19.2. The molecule has 20 heavy (non-hydrogen) atoms. The lowest BCUT2D eigenvalue weighted by molar-refractivity contribution is -0.142. The van der Waals surface area contributed by atoms with Gasteiger partial charge in [0.2, 0.25) is 0 Å². The van der Waals surface area contributed by atoms with Gasteiger partial charge in [-0.25, -0.2) is 0 Å². The lowest BCUT2D eigenvalue weighted by Crippen LogP contribution is -2.14. The molecule has 0 aliphatic carbocycles. The highest BCUT2D eigenvalue weighted by atomic mass is 16.5. The number of carbonyl (C=O) groups excluding carboxylic acids is 1. The highest BCUT2D eigenvalue weighted by Gasteiger charge is 2.10. The molecule has 4 nitrogen and oxygen atoms in total. The summed E-state index contributed by atoms with van der Waals surface area (Å²) in [5.74, 6) is -0.344. The van der Waals surface area contributed by atoms with Gasteiger partial charge in [0.15, 0.2) is 0 Å². The third-order valence-corrected chi connectivity index (χ3v) is 3.58. The topological polar surface area (TPSA) is 66.8 Å². The molecule has 0 saturated heterocycles. The van der Waals surface area contributed by atoms with Crippen LogP contribution in [0, 0.1) is 0 Å². The monoisotopic (exact) mass is 288 g/mol. The Hall–Kier alpha value is -0.610. The number of aliphatic hydroxyl groups is 2. The molecule has 120 valence electrons. The van der Waals surface area contributed by atoms with E-state index in [0.717, 1.165) is 44.9 Å². The summed E-state index contributed by atoms with van der Waals surface area (Å²) in [7, 11) is 1.34. The van der Waals surface area contributed by atoms with E-state index in [0.29, 0.717) is 6.42 Å². The van der Waals surface area contributed by atoms with E-state index in [4.69, 9.17) is 0 Å². The molecular formula is C16H32O4. The second-order valence-corrected chi connectivity index (χ2v) is 5.58. The minimum absolute atomic E-state index is 0.103. The maximum atomic E-state index is 10.9. The van der Waals surface area contributed by atoms with Crippen molar-refractivity contribution in [1.82, 2.24) is 0 Å². The Morgan fingerprint density at radius 3 is 1.90 bits per heavy atom. The number of esters is 1. The van der Waals surface area contributed by atoms with E-state index in [1.165, 1.54) is 20.0 Å². The van der Waals surface area contributed by atoms with Gasteiger partial charge in [-0.05, 0) is 19.3 Å². The molecule has 0 spiro atoms. The first-order valence-corrected chi connectivity index (χ1v) is 8.03. The summed E-state index contributed by atoms with van der Waals surface area (Å²) in [6.07, 6.45) is 9.65. The molecule has 0 saturated carbocycles. The molecular weight excluding hydrogens is 256 g/mol. The van der Waals surface area contributed by atoms with Crippen LogP contribution in [0.3, 0.4) is 0 Å². The van der Waals surface area contributed by atoms with Gasteiger partial charge in [0.1, 0.15) is 0 Å². The number of hydrogen-bond donors (Lipinski definition) is 2. The van der Waals surface area contributed by atoms with Crippen molar-refractivity contribution >= 4 is 5.97 Å². The van der Waals surface area contributed by atoms with Crippen LogP contribution in [0.15, 0.2) is 0 Å². The summed E-state index contributed by atoms with van der Waals surface area (Å²) in [6.45, 7) is 2.10. The predicted octanol–water partition coefficient (Wildman–Crippen LogP) is 3.19. The highest BCUT2D eigenvalue weighted by Crippen LogP contribution is 2.13. The van der Waals surface area contributed by atoms with Gasteiger partial charge in [0.25, 0.3) is 0 Å². The van der Waals surface area contributed by atoms with Gasteiger partial charge in [-0.1, -0.05) is 51.9 Å². The second kappa shape index (κ2) is 13.4. The van der Waals surface area contributed by atoms with E-state index in [-0.39, 0.29) is 18.5 Å². The third-order valence-electron chi connectivity index (χ3n) is 3.58. The number of aliphatic hydroxyl groups excluding tert-OH is 2. The highest BCUT2D eigenvalue weighted by molar-refractivity contribution is 5.69. The Kier molecular flexibility index (Phi) is 13.0. The van der Waals surface area contributed by atoms with Crippen LogP contribution in [-0.2, 0) is 9.53 Å². The lowest BCUT2D eigenvalue weighted by atomic mass is 10.0. The van der Waals surface area contributed by atoms with Crippen molar-refractivity contribution in [3.8, 4) is 0 Å². The fourth-order valence-corrected chi connectivity index (χ4v) is 2.32. The quantitative estimate of drug-likeness (QED) is 0.403. The van der Waals surface area contributed by atoms with E-state index >= 15 is 0 Å². The number of rotatable bonds is 13. The molecule has 0 aliphatic heterocycles. The number of ether oxygens (including phenoxy) is 1. The van der Waals surface area contributed by atoms with Gasteiger partial charge >= 0.3 is 5.97 Å². The van der Waals surface area contributed by atoms with E-state index in [1.807, 2.05) is 0 Å². The van der Waals surface area contributed by atoms with E-state index in [2.05, 4.69) is 11.7 Å². The van der Waals surface area contributed by atoms with E-state index in [1.54, 1.807) is 0 Å². The van der Waals surface area contributed by atoms with Crippen molar-refractivity contribution in [2.75, 3.05) is 7.11 Å². The van der Waals surface area contributed by atoms with Crippen molar-refractivity contribution in [2.45, 2.75) is 89.8 Å². The van der Waals surface area contributed by atoms with Gasteiger partial charge in [-0.3, -0.25) is 4.79 Å². The molecule has 0 aliphatic rings. The Morgan fingerprint density at radius 2 is 1.40 bits per heavy atom. The molecule has 0 aromatic carbocycles. The molecule has 0 heterocycles. The first kappa shape index (κ1) is 19.4. The van der Waals surface area contributed by atoms with Crippen LogP contribution < -0.4 is 0 Å². The summed E-state index contributed by atoms with van der Waals surface area (Å²) in [5.41, 5.74) is 0. The zero-order chi connectivity index (χ0) is 15.2. The summed E-state index contributed by atoms with van der Waals surface area (Å²) >= 11 is 0. The number of methoxy groups -OCH3 is 1. The maximum Gasteiger partial charge on any atom is 0.308 e. The molecule has 0 bridgehead atoms. The predicted molar refractivity (Wildman–Crippen MR) is 80.5 cm³/mol. The molecule has 2 unspecified atom stereocenters. The largest absolute Gasteiger partial charge is 0.469 e. The number of unbranched alkanes of at least 4 members (excludes halogenated alkanes) is 5. The number of hydrogen-bond acceptors (Lipinski definition) is 4. The smallest absolute Gasteiger partial charge is 0.308 e. The van der Waals surface area contributed by atoms with E-state index < -0.39 is 6.10 Å². The minimum atomic E-state index is -0.563. The molecule has 2 atom stereocenters. The van der Waals surface area contributed by atoms with Crippen LogP contribution in [0.1, 0.15) is 77.6 Å². The first-order chi connectivity index (χ1) is 9.60.